The molecule has 8 heteroatoms. The first-order valence-corrected chi connectivity index (χ1v) is 9.21. The Hall–Kier alpha value is -1.54. The highest BCUT2D eigenvalue weighted by molar-refractivity contribution is 7.15. The second kappa shape index (κ2) is 5.58. The van der Waals surface area contributed by atoms with Crippen LogP contribution in [-0.2, 0) is 0 Å². The summed E-state index contributed by atoms with van der Waals surface area (Å²) in [4.78, 5) is 16.7. The summed E-state index contributed by atoms with van der Waals surface area (Å²) < 4.78 is 0. The largest absolute Gasteiger partial charge is 0.328 e. The highest BCUT2D eigenvalue weighted by Crippen LogP contribution is 2.43. The Labute approximate surface area is 136 Å². The molecule has 2 amide bonds. The van der Waals surface area contributed by atoms with Gasteiger partial charge in [0.1, 0.15) is 10.0 Å². The number of anilines is 1. The molecule has 2 heterocycles. The van der Waals surface area contributed by atoms with E-state index in [2.05, 4.69) is 25.8 Å². The van der Waals surface area contributed by atoms with E-state index in [-0.39, 0.29) is 12.1 Å². The summed E-state index contributed by atoms with van der Waals surface area (Å²) in [6.45, 7) is 1.98. The Bertz CT molecular complexity index is 689. The van der Waals surface area contributed by atoms with Crippen LogP contribution in [0.25, 0.3) is 0 Å². The van der Waals surface area contributed by atoms with Gasteiger partial charge in [0.2, 0.25) is 5.13 Å². The normalized spacial score (nSPS) is 19.0. The van der Waals surface area contributed by atoms with Crippen molar-refractivity contribution in [3.8, 4) is 0 Å². The van der Waals surface area contributed by atoms with E-state index in [1.807, 2.05) is 12.3 Å². The lowest BCUT2D eigenvalue weighted by Gasteiger charge is -2.15. The summed E-state index contributed by atoms with van der Waals surface area (Å²) in [5.41, 5.74) is 1.01. The molecule has 22 heavy (non-hydrogen) atoms. The van der Waals surface area contributed by atoms with Gasteiger partial charge < -0.3 is 5.32 Å². The molecular formula is C14H17N5OS2. The number of hydrogen-bond donors (Lipinski definition) is 2. The Balaban J connectivity index is 1.40. The van der Waals surface area contributed by atoms with E-state index in [9.17, 15) is 4.79 Å². The van der Waals surface area contributed by atoms with Gasteiger partial charge in [-0.25, -0.2) is 9.78 Å². The van der Waals surface area contributed by atoms with Crippen LogP contribution in [0.15, 0.2) is 5.38 Å². The van der Waals surface area contributed by atoms with E-state index in [0.717, 1.165) is 28.6 Å². The summed E-state index contributed by atoms with van der Waals surface area (Å²) in [6.07, 6.45) is 4.67. The number of nitrogens with one attached hydrogen (secondary N) is 2. The molecule has 2 aromatic heterocycles. The molecule has 0 saturated heterocycles. The minimum absolute atomic E-state index is 0.00882. The fraction of sp³-hybridized carbons (Fsp3) is 0.571. The van der Waals surface area contributed by atoms with Gasteiger partial charge in [0, 0.05) is 17.0 Å². The van der Waals surface area contributed by atoms with Gasteiger partial charge in [-0.15, -0.1) is 21.5 Å². The van der Waals surface area contributed by atoms with E-state index in [1.54, 1.807) is 11.3 Å². The average molecular weight is 335 g/mol. The second-order valence-corrected chi connectivity index (χ2v) is 7.86. The number of nitrogens with zero attached hydrogens (tertiary/aromatic N) is 3. The van der Waals surface area contributed by atoms with E-state index in [1.165, 1.54) is 24.2 Å². The predicted octanol–water partition coefficient (Wildman–Crippen LogP) is 3.45. The molecular weight excluding hydrogens is 318 g/mol. The molecule has 4 rings (SSSR count). The molecule has 116 valence electrons. The monoisotopic (exact) mass is 335 g/mol. The van der Waals surface area contributed by atoms with E-state index in [0.29, 0.717) is 17.0 Å². The average Bonchev–Trinajstić information content (AvgIpc) is 3.41. The number of carbonyl (C=O) groups is 1. The molecule has 0 aromatic carbocycles. The second-order valence-electron chi connectivity index (χ2n) is 5.96. The molecule has 2 N–H and O–H groups in total. The zero-order chi connectivity index (χ0) is 15.1. The van der Waals surface area contributed by atoms with Crippen LogP contribution in [0.1, 0.15) is 53.4 Å². The quantitative estimate of drug-likeness (QED) is 0.877. The van der Waals surface area contributed by atoms with Crippen LogP contribution in [-0.4, -0.2) is 21.2 Å². The number of thiazole rings is 1. The maximum Gasteiger partial charge on any atom is 0.321 e. The Morgan fingerprint density at radius 3 is 2.77 bits per heavy atom. The molecule has 1 unspecified atom stereocenters. The van der Waals surface area contributed by atoms with Crippen molar-refractivity contribution in [1.82, 2.24) is 20.5 Å². The highest BCUT2D eigenvalue weighted by Gasteiger charge is 2.35. The fourth-order valence-electron chi connectivity index (χ4n) is 2.38. The Morgan fingerprint density at radius 1 is 1.32 bits per heavy atom. The third kappa shape index (κ3) is 3.12. The molecule has 2 fully saturated rings. The first kappa shape index (κ1) is 14.1. The molecule has 2 aliphatic carbocycles. The van der Waals surface area contributed by atoms with Gasteiger partial charge in [-0.2, -0.15) is 0 Å². The maximum atomic E-state index is 12.2. The Morgan fingerprint density at radius 2 is 2.14 bits per heavy atom. The van der Waals surface area contributed by atoms with Gasteiger partial charge in [-0.1, -0.05) is 11.3 Å². The maximum absolute atomic E-state index is 12.2. The molecule has 2 aromatic rings. The molecule has 0 spiro atoms. The molecule has 6 nitrogen and oxygen atoms in total. The summed E-state index contributed by atoms with van der Waals surface area (Å²) in [7, 11) is 0. The predicted molar refractivity (Wildman–Crippen MR) is 86.4 cm³/mol. The van der Waals surface area contributed by atoms with Crippen molar-refractivity contribution in [2.75, 3.05) is 5.32 Å². The lowest BCUT2D eigenvalue weighted by atomic mass is 10.2. The number of aromatic nitrogens is 3. The van der Waals surface area contributed by atoms with Crippen molar-refractivity contribution >= 4 is 33.8 Å². The van der Waals surface area contributed by atoms with E-state index >= 15 is 0 Å². The van der Waals surface area contributed by atoms with E-state index in [4.69, 9.17) is 0 Å². The van der Waals surface area contributed by atoms with Crippen molar-refractivity contribution in [3.05, 3.63) is 21.1 Å². The number of amides is 2. The number of hydrogen-bond acceptors (Lipinski definition) is 6. The topological polar surface area (TPSA) is 79.8 Å². The van der Waals surface area contributed by atoms with Crippen LogP contribution in [0.5, 0.6) is 0 Å². The summed E-state index contributed by atoms with van der Waals surface area (Å²) in [5.74, 6) is 1.07. The van der Waals surface area contributed by atoms with E-state index < -0.39 is 0 Å². The van der Waals surface area contributed by atoms with Gasteiger partial charge in [0.25, 0.3) is 0 Å². The molecule has 2 saturated carbocycles. The van der Waals surface area contributed by atoms with Gasteiger partial charge in [0.15, 0.2) is 0 Å². The SMILES string of the molecule is Cc1csc(C(NC(=O)Nc2nnc(C3CC3)s2)C2CC2)n1. The molecule has 1 atom stereocenters. The lowest BCUT2D eigenvalue weighted by molar-refractivity contribution is 0.247. The van der Waals surface area contributed by atoms with Crippen LogP contribution in [0, 0.1) is 12.8 Å². The van der Waals surface area contributed by atoms with Crippen LogP contribution >= 0.6 is 22.7 Å². The van der Waals surface area contributed by atoms with Gasteiger partial charge in [-0.05, 0) is 38.5 Å². The number of rotatable bonds is 5. The van der Waals surface area contributed by atoms with Crippen molar-refractivity contribution in [1.29, 1.82) is 0 Å². The summed E-state index contributed by atoms with van der Waals surface area (Å²) in [5, 5.41) is 18.7. The standard InChI is InChI=1S/C14H17N5OS2/c1-7-6-21-12(15-7)10(8-2-3-8)16-13(20)17-14-19-18-11(22-14)9-4-5-9/h6,8-10H,2-5H2,1H3,(H2,16,17,19,20). The number of carbonyl (C=O) groups excluding carboxylic acids is 1. The molecule has 0 radical (unpaired) electrons. The minimum Gasteiger partial charge on any atom is -0.328 e. The first-order valence-electron chi connectivity index (χ1n) is 7.52. The summed E-state index contributed by atoms with van der Waals surface area (Å²) >= 11 is 3.09. The number of aryl methyl sites for hydroxylation is 1. The zero-order valence-electron chi connectivity index (χ0n) is 12.2. The molecule has 2 aliphatic rings. The molecule has 0 bridgehead atoms. The number of urea groups is 1. The summed E-state index contributed by atoms with van der Waals surface area (Å²) in [6, 6.07) is -0.210. The lowest BCUT2D eigenvalue weighted by Crippen LogP contribution is -2.33. The third-order valence-electron chi connectivity index (χ3n) is 3.87. The van der Waals surface area contributed by atoms with Crippen LogP contribution in [0.3, 0.4) is 0 Å². The molecule has 0 aliphatic heterocycles. The van der Waals surface area contributed by atoms with Crippen molar-refractivity contribution < 1.29 is 4.79 Å². The fourth-order valence-corrected chi connectivity index (χ4v) is 4.23. The minimum atomic E-state index is -0.219. The Kier molecular flexibility index (Phi) is 3.57. The van der Waals surface area contributed by atoms with Crippen molar-refractivity contribution in [2.45, 2.75) is 44.6 Å². The van der Waals surface area contributed by atoms with Gasteiger partial charge in [-0.3, -0.25) is 5.32 Å². The van der Waals surface area contributed by atoms with Gasteiger partial charge >= 0.3 is 6.03 Å². The van der Waals surface area contributed by atoms with Gasteiger partial charge in [0.05, 0.1) is 6.04 Å². The van der Waals surface area contributed by atoms with Crippen LogP contribution in [0.4, 0.5) is 9.93 Å². The smallest absolute Gasteiger partial charge is 0.321 e. The highest BCUT2D eigenvalue weighted by atomic mass is 32.1. The third-order valence-corrected chi connectivity index (χ3v) is 5.92. The first-order chi connectivity index (χ1) is 10.7. The van der Waals surface area contributed by atoms with Crippen molar-refractivity contribution in [3.63, 3.8) is 0 Å². The zero-order valence-corrected chi connectivity index (χ0v) is 13.8. The van der Waals surface area contributed by atoms with Crippen LogP contribution in [0.2, 0.25) is 0 Å². The van der Waals surface area contributed by atoms with Crippen LogP contribution < -0.4 is 10.6 Å². The van der Waals surface area contributed by atoms with Crippen molar-refractivity contribution in [2.24, 2.45) is 5.92 Å².